The molecule has 2 aromatic rings. The fourth-order valence-electron chi connectivity index (χ4n) is 2.58. The molecule has 0 bridgehead atoms. The molecule has 5 nitrogen and oxygen atoms in total. The fraction of sp³-hybridized carbons (Fsp3) is 0.412. The zero-order valence-corrected chi connectivity index (χ0v) is 12.7. The molecular weight excluding hydrogens is 280 g/mol. The molecule has 0 N–H and O–H groups in total. The Hall–Kier alpha value is -2.14. The summed E-state index contributed by atoms with van der Waals surface area (Å²) >= 11 is 0. The van der Waals surface area contributed by atoms with E-state index in [4.69, 9.17) is 9.15 Å². The van der Waals surface area contributed by atoms with Crippen molar-refractivity contribution < 1.29 is 13.9 Å². The highest BCUT2D eigenvalue weighted by Gasteiger charge is 2.29. The summed E-state index contributed by atoms with van der Waals surface area (Å²) in [5.74, 6) is 1.21. The molecule has 1 aliphatic heterocycles. The summed E-state index contributed by atoms with van der Waals surface area (Å²) in [6.07, 6.45) is 5.27. The average Bonchev–Trinajstić information content (AvgIpc) is 3.22. The highest BCUT2D eigenvalue weighted by atomic mass is 16.5. The number of carbonyl (C=O) groups is 1. The molecule has 0 saturated carbocycles. The van der Waals surface area contributed by atoms with Gasteiger partial charge in [0.15, 0.2) is 5.76 Å². The Morgan fingerprint density at radius 3 is 3.09 bits per heavy atom. The first kappa shape index (κ1) is 14.8. The minimum atomic E-state index is -0.0489. The number of hydrogen-bond acceptors (Lipinski definition) is 4. The zero-order chi connectivity index (χ0) is 15.4. The minimum absolute atomic E-state index is 0.0489. The monoisotopic (exact) mass is 300 g/mol. The van der Waals surface area contributed by atoms with Crippen molar-refractivity contribution in [2.45, 2.75) is 32.5 Å². The van der Waals surface area contributed by atoms with Crippen LogP contribution in [0.2, 0.25) is 0 Å². The van der Waals surface area contributed by atoms with E-state index in [0.29, 0.717) is 25.5 Å². The summed E-state index contributed by atoms with van der Waals surface area (Å²) in [6, 6.07) is 7.50. The van der Waals surface area contributed by atoms with Crippen molar-refractivity contribution in [3.05, 3.63) is 53.7 Å². The number of amides is 1. The number of carbonyl (C=O) groups excluding carboxylic acids is 1. The molecule has 5 heteroatoms. The maximum atomic E-state index is 12.4. The SMILES string of the molecule is CCc1ccc(C(=O)N2CCC(OCc3cccnc3)C2)o1. The fourth-order valence-corrected chi connectivity index (χ4v) is 2.58. The molecule has 0 aromatic carbocycles. The predicted octanol–water partition coefficient (Wildman–Crippen LogP) is 2.67. The number of ether oxygens (including phenoxy) is 1. The number of likely N-dealkylation sites (tertiary alicyclic amines) is 1. The number of nitrogens with zero attached hydrogens (tertiary/aromatic N) is 2. The van der Waals surface area contributed by atoms with Gasteiger partial charge in [-0.05, 0) is 30.2 Å². The summed E-state index contributed by atoms with van der Waals surface area (Å²) in [4.78, 5) is 18.2. The third-order valence-electron chi connectivity index (χ3n) is 3.86. The number of hydrogen-bond donors (Lipinski definition) is 0. The van der Waals surface area contributed by atoms with Crippen LogP contribution < -0.4 is 0 Å². The summed E-state index contributed by atoms with van der Waals surface area (Å²) < 4.78 is 11.4. The van der Waals surface area contributed by atoms with E-state index in [1.807, 2.05) is 25.1 Å². The second-order valence-electron chi connectivity index (χ2n) is 5.45. The molecule has 2 aromatic heterocycles. The first-order valence-corrected chi connectivity index (χ1v) is 7.64. The molecule has 0 aliphatic carbocycles. The van der Waals surface area contributed by atoms with Crippen LogP contribution in [-0.2, 0) is 17.8 Å². The maximum absolute atomic E-state index is 12.4. The van der Waals surface area contributed by atoms with Crippen LogP contribution >= 0.6 is 0 Å². The Balaban J connectivity index is 1.52. The quantitative estimate of drug-likeness (QED) is 0.852. The van der Waals surface area contributed by atoms with E-state index in [9.17, 15) is 4.79 Å². The number of rotatable bonds is 5. The van der Waals surface area contributed by atoms with Crippen molar-refractivity contribution in [2.24, 2.45) is 0 Å². The molecular formula is C17H20N2O3. The van der Waals surface area contributed by atoms with Crippen molar-refractivity contribution in [3.63, 3.8) is 0 Å². The van der Waals surface area contributed by atoms with E-state index < -0.39 is 0 Å². The van der Waals surface area contributed by atoms with Crippen LogP contribution in [0.5, 0.6) is 0 Å². The van der Waals surface area contributed by atoms with Crippen LogP contribution in [0.3, 0.4) is 0 Å². The second kappa shape index (κ2) is 6.75. The summed E-state index contributed by atoms with van der Waals surface area (Å²) in [5, 5.41) is 0. The molecule has 1 unspecified atom stereocenters. The largest absolute Gasteiger partial charge is 0.456 e. The van der Waals surface area contributed by atoms with Gasteiger partial charge in [-0.3, -0.25) is 9.78 Å². The smallest absolute Gasteiger partial charge is 0.289 e. The number of aryl methyl sites for hydroxylation is 1. The highest BCUT2D eigenvalue weighted by Crippen LogP contribution is 2.18. The van der Waals surface area contributed by atoms with E-state index in [1.165, 1.54) is 0 Å². The lowest BCUT2D eigenvalue weighted by Gasteiger charge is -2.15. The normalized spacial score (nSPS) is 17.9. The van der Waals surface area contributed by atoms with Gasteiger partial charge in [-0.15, -0.1) is 0 Å². The number of pyridine rings is 1. The van der Waals surface area contributed by atoms with E-state index in [1.54, 1.807) is 23.4 Å². The Labute approximate surface area is 129 Å². The Bertz CT molecular complexity index is 624. The van der Waals surface area contributed by atoms with Gasteiger partial charge in [-0.1, -0.05) is 13.0 Å². The first-order chi connectivity index (χ1) is 10.8. The molecule has 1 aliphatic rings. The zero-order valence-electron chi connectivity index (χ0n) is 12.7. The van der Waals surface area contributed by atoms with Gasteiger partial charge < -0.3 is 14.1 Å². The molecule has 0 radical (unpaired) electrons. The van der Waals surface area contributed by atoms with Crippen molar-refractivity contribution in [3.8, 4) is 0 Å². The van der Waals surface area contributed by atoms with Gasteiger partial charge in [-0.2, -0.15) is 0 Å². The van der Waals surface area contributed by atoms with Crippen LogP contribution in [0.1, 0.15) is 35.2 Å². The summed E-state index contributed by atoms with van der Waals surface area (Å²) in [7, 11) is 0. The van der Waals surface area contributed by atoms with Crippen molar-refractivity contribution in [1.82, 2.24) is 9.88 Å². The lowest BCUT2D eigenvalue weighted by atomic mass is 10.3. The van der Waals surface area contributed by atoms with Crippen molar-refractivity contribution >= 4 is 5.91 Å². The van der Waals surface area contributed by atoms with E-state index in [0.717, 1.165) is 24.2 Å². The Morgan fingerprint density at radius 2 is 2.36 bits per heavy atom. The topological polar surface area (TPSA) is 55.6 Å². The van der Waals surface area contributed by atoms with Gasteiger partial charge in [0, 0.05) is 31.9 Å². The number of aromatic nitrogens is 1. The highest BCUT2D eigenvalue weighted by molar-refractivity contribution is 5.91. The molecule has 0 spiro atoms. The molecule has 1 atom stereocenters. The van der Waals surface area contributed by atoms with Gasteiger partial charge in [0.2, 0.25) is 0 Å². The molecule has 1 amide bonds. The molecule has 3 heterocycles. The number of furan rings is 1. The Kier molecular flexibility index (Phi) is 4.53. The second-order valence-corrected chi connectivity index (χ2v) is 5.45. The van der Waals surface area contributed by atoms with Crippen molar-refractivity contribution in [1.29, 1.82) is 0 Å². The third kappa shape index (κ3) is 3.36. The molecule has 22 heavy (non-hydrogen) atoms. The van der Waals surface area contributed by atoms with Crippen LogP contribution in [0.25, 0.3) is 0 Å². The average molecular weight is 300 g/mol. The van der Waals surface area contributed by atoms with Crippen molar-refractivity contribution in [2.75, 3.05) is 13.1 Å². The first-order valence-electron chi connectivity index (χ1n) is 7.64. The standard InChI is InChI=1S/C17H20N2O3/c1-2-14-5-6-16(22-14)17(20)19-9-7-15(11-19)21-12-13-4-3-8-18-10-13/h3-6,8,10,15H,2,7,9,11-12H2,1H3. The van der Waals surface area contributed by atoms with E-state index >= 15 is 0 Å². The summed E-state index contributed by atoms with van der Waals surface area (Å²) in [5.41, 5.74) is 1.05. The van der Waals surface area contributed by atoms with Crippen LogP contribution in [-0.4, -0.2) is 35.0 Å². The van der Waals surface area contributed by atoms with E-state index in [-0.39, 0.29) is 12.0 Å². The molecule has 1 saturated heterocycles. The van der Waals surface area contributed by atoms with Crippen LogP contribution in [0.15, 0.2) is 41.1 Å². The Morgan fingerprint density at radius 1 is 1.45 bits per heavy atom. The van der Waals surface area contributed by atoms with Gasteiger partial charge >= 0.3 is 0 Å². The molecule has 3 rings (SSSR count). The minimum Gasteiger partial charge on any atom is -0.456 e. The van der Waals surface area contributed by atoms with Crippen LogP contribution in [0, 0.1) is 0 Å². The lowest BCUT2D eigenvalue weighted by Crippen LogP contribution is -2.29. The summed E-state index contributed by atoms with van der Waals surface area (Å²) in [6.45, 7) is 3.85. The van der Waals surface area contributed by atoms with Gasteiger partial charge in [0.05, 0.1) is 12.7 Å². The van der Waals surface area contributed by atoms with E-state index in [2.05, 4.69) is 4.98 Å². The third-order valence-corrected chi connectivity index (χ3v) is 3.86. The van der Waals surface area contributed by atoms with Gasteiger partial charge in [0.25, 0.3) is 5.91 Å². The van der Waals surface area contributed by atoms with Gasteiger partial charge in [0.1, 0.15) is 5.76 Å². The lowest BCUT2D eigenvalue weighted by molar-refractivity contribution is 0.0429. The molecule has 116 valence electrons. The van der Waals surface area contributed by atoms with Crippen LogP contribution in [0.4, 0.5) is 0 Å². The molecule has 1 fully saturated rings. The van der Waals surface area contributed by atoms with Gasteiger partial charge in [-0.25, -0.2) is 0 Å². The maximum Gasteiger partial charge on any atom is 0.289 e. The predicted molar refractivity (Wildman–Crippen MR) is 81.4 cm³/mol.